The van der Waals surface area contributed by atoms with Crippen LogP contribution in [0, 0.1) is 5.82 Å². The normalized spacial score (nSPS) is 16.6. The molecule has 1 amide bonds. The summed E-state index contributed by atoms with van der Waals surface area (Å²) in [6.07, 6.45) is 2.41. The summed E-state index contributed by atoms with van der Waals surface area (Å²) in [5, 5.41) is 2.83. The molecule has 1 aliphatic rings. The van der Waals surface area contributed by atoms with Crippen LogP contribution in [0.4, 0.5) is 10.1 Å². The lowest BCUT2D eigenvalue weighted by molar-refractivity contribution is -0.115. The van der Waals surface area contributed by atoms with Crippen molar-refractivity contribution in [2.24, 2.45) is 0 Å². The monoisotopic (exact) mass is 407 g/mol. The van der Waals surface area contributed by atoms with E-state index in [1.807, 2.05) is 12.1 Å². The van der Waals surface area contributed by atoms with Gasteiger partial charge in [-0.1, -0.05) is 12.1 Å². The second kappa shape index (κ2) is 8.45. The van der Waals surface area contributed by atoms with Crippen molar-refractivity contribution >= 4 is 27.5 Å². The standard InChI is InChI=1S/C19H19BrFNO3/c20-17-9-13(6-7-18(17)21)10-19(23)22-14-3-1-4-15(11-14)25-12-16-5-2-8-24-16/h1,3-4,6-7,9,11,16H,2,5,8,10,12H2,(H,22,23). The maximum absolute atomic E-state index is 13.2. The second-order valence-corrected chi connectivity index (χ2v) is 6.80. The Kier molecular flexibility index (Phi) is 6.04. The minimum atomic E-state index is -0.347. The lowest BCUT2D eigenvalue weighted by atomic mass is 10.1. The lowest BCUT2D eigenvalue weighted by Crippen LogP contribution is -2.17. The summed E-state index contributed by atoms with van der Waals surface area (Å²) in [4.78, 5) is 12.2. The van der Waals surface area contributed by atoms with Crippen LogP contribution in [-0.4, -0.2) is 25.2 Å². The average molecular weight is 408 g/mol. The number of anilines is 1. The molecule has 0 spiro atoms. The first-order valence-electron chi connectivity index (χ1n) is 8.18. The molecule has 0 aliphatic carbocycles. The summed E-state index contributed by atoms with van der Waals surface area (Å²) in [5.41, 5.74) is 1.40. The van der Waals surface area contributed by atoms with Gasteiger partial charge in [-0.05, 0) is 58.6 Å². The molecule has 0 saturated carbocycles. The Morgan fingerprint density at radius 2 is 2.20 bits per heavy atom. The van der Waals surface area contributed by atoms with Crippen LogP contribution in [-0.2, 0) is 16.0 Å². The smallest absolute Gasteiger partial charge is 0.228 e. The molecule has 0 aromatic heterocycles. The molecule has 3 rings (SSSR count). The lowest BCUT2D eigenvalue weighted by Gasteiger charge is -2.12. The van der Waals surface area contributed by atoms with Crippen molar-refractivity contribution in [3.8, 4) is 5.75 Å². The van der Waals surface area contributed by atoms with E-state index in [-0.39, 0.29) is 24.2 Å². The molecule has 1 aliphatic heterocycles. The van der Waals surface area contributed by atoms with E-state index in [2.05, 4.69) is 21.2 Å². The number of rotatable bonds is 6. The quantitative estimate of drug-likeness (QED) is 0.774. The van der Waals surface area contributed by atoms with E-state index >= 15 is 0 Å². The van der Waals surface area contributed by atoms with Gasteiger partial charge in [-0.15, -0.1) is 0 Å². The van der Waals surface area contributed by atoms with E-state index in [9.17, 15) is 9.18 Å². The fourth-order valence-electron chi connectivity index (χ4n) is 2.67. The predicted octanol–water partition coefficient (Wildman–Crippen LogP) is 4.33. The number of halogens is 2. The highest BCUT2D eigenvalue weighted by Gasteiger charge is 2.16. The molecule has 25 heavy (non-hydrogen) atoms. The fourth-order valence-corrected chi connectivity index (χ4v) is 3.09. The number of hydrogen-bond acceptors (Lipinski definition) is 3. The Labute approximate surface area is 154 Å². The highest BCUT2D eigenvalue weighted by molar-refractivity contribution is 9.10. The molecule has 6 heteroatoms. The molecule has 4 nitrogen and oxygen atoms in total. The van der Waals surface area contributed by atoms with Gasteiger partial charge in [0, 0.05) is 18.4 Å². The molecule has 0 bridgehead atoms. The van der Waals surface area contributed by atoms with Gasteiger partial charge in [-0.2, -0.15) is 0 Å². The zero-order chi connectivity index (χ0) is 17.6. The van der Waals surface area contributed by atoms with E-state index in [1.54, 1.807) is 24.3 Å². The van der Waals surface area contributed by atoms with E-state index in [0.29, 0.717) is 22.5 Å². The van der Waals surface area contributed by atoms with Crippen molar-refractivity contribution < 1.29 is 18.7 Å². The molecular weight excluding hydrogens is 389 g/mol. The highest BCUT2D eigenvalue weighted by atomic mass is 79.9. The fraction of sp³-hybridized carbons (Fsp3) is 0.316. The summed E-state index contributed by atoms with van der Waals surface area (Å²) < 4.78 is 24.9. The molecule has 2 aromatic carbocycles. The van der Waals surface area contributed by atoms with Gasteiger partial charge in [-0.25, -0.2) is 4.39 Å². The maximum Gasteiger partial charge on any atom is 0.228 e. The third-order valence-corrected chi connectivity index (χ3v) is 4.53. The summed E-state index contributed by atoms with van der Waals surface area (Å²) in [6.45, 7) is 1.31. The van der Waals surface area contributed by atoms with Crippen molar-refractivity contribution in [3.05, 3.63) is 58.3 Å². The van der Waals surface area contributed by atoms with Gasteiger partial charge < -0.3 is 14.8 Å². The number of ether oxygens (including phenoxy) is 2. The Morgan fingerprint density at radius 3 is 2.96 bits per heavy atom. The number of amides is 1. The van der Waals surface area contributed by atoms with Crippen molar-refractivity contribution in [2.75, 3.05) is 18.5 Å². The Morgan fingerprint density at radius 1 is 1.32 bits per heavy atom. The zero-order valence-corrected chi connectivity index (χ0v) is 15.2. The Hall–Kier alpha value is -1.92. The first-order valence-corrected chi connectivity index (χ1v) is 8.98. The summed E-state index contributed by atoms with van der Waals surface area (Å²) in [7, 11) is 0. The molecular formula is C19H19BrFNO3. The number of carbonyl (C=O) groups is 1. The van der Waals surface area contributed by atoms with Crippen LogP contribution in [0.5, 0.6) is 5.75 Å². The van der Waals surface area contributed by atoms with Crippen molar-refractivity contribution in [3.63, 3.8) is 0 Å². The van der Waals surface area contributed by atoms with Crippen LogP contribution in [0.25, 0.3) is 0 Å². The minimum Gasteiger partial charge on any atom is -0.491 e. The number of nitrogens with one attached hydrogen (secondary N) is 1. The van der Waals surface area contributed by atoms with Gasteiger partial charge >= 0.3 is 0 Å². The number of carbonyl (C=O) groups excluding carboxylic acids is 1. The van der Waals surface area contributed by atoms with Gasteiger partial charge in [0.2, 0.25) is 5.91 Å². The zero-order valence-electron chi connectivity index (χ0n) is 13.6. The first-order chi connectivity index (χ1) is 12.1. The van der Waals surface area contributed by atoms with Gasteiger partial charge in [0.05, 0.1) is 17.0 Å². The van der Waals surface area contributed by atoms with Crippen molar-refractivity contribution in [1.29, 1.82) is 0 Å². The van der Waals surface area contributed by atoms with Crippen LogP contribution >= 0.6 is 15.9 Å². The van der Waals surface area contributed by atoms with E-state index in [0.717, 1.165) is 25.0 Å². The maximum atomic E-state index is 13.2. The van der Waals surface area contributed by atoms with Gasteiger partial charge in [0.25, 0.3) is 0 Å². The largest absolute Gasteiger partial charge is 0.491 e. The topological polar surface area (TPSA) is 47.6 Å². The molecule has 2 aromatic rings. The number of benzene rings is 2. The first kappa shape index (κ1) is 17.9. The predicted molar refractivity (Wildman–Crippen MR) is 97.3 cm³/mol. The molecule has 132 valence electrons. The Balaban J connectivity index is 1.55. The van der Waals surface area contributed by atoms with Crippen LogP contribution < -0.4 is 10.1 Å². The molecule has 1 heterocycles. The molecule has 1 fully saturated rings. The van der Waals surface area contributed by atoms with Gasteiger partial charge in [-0.3, -0.25) is 4.79 Å². The van der Waals surface area contributed by atoms with Crippen LogP contribution in [0.3, 0.4) is 0 Å². The minimum absolute atomic E-state index is 0.148. The number of hydrogen-bond donors (Lipinski definition) is 1. The molecule has 1 unspecified atom stereocenters. The molecule has 0 radical (unpaired) electrons. The van der Waals surface area contributed by atoms with Crippen LogP contribution in [0.2, 0.25) is 0 Å². The molecule has 1 saturated heterocycles. The van der Waals surface area contributed by atoms with Gasteiger partial charge in [0.15, 0.2) is 0 Å². The summed E-state index contributed by atoms with van der Waals surface area (Å²) in [6, 6.07) is 11.8. The van der Waals surface area contributed by atoms with Crippen molar-refractivity contribution in [2.45, 2.75) is 25.4 Å². The van der Waals surface area contributed by atoms with Crippen LogP contribution in [0.15, 0.2) is 46.9 Å². The van der Waals surface area contributed by atoms with Crippen LogP contribution in [0.1, 0.15) is 18.4 Å². The molecule has 1 atom stereocenters. The third-order valence-electron chi connectivity index (χ3n) is 3.93. The van der Waals surface area contributed by atoms with E-state index in [4.69, 9.17) is 9.47 Å². The highest BCUT2D eigenvalue weighted by Crippen LogP contribution is 2.21. The van der Waals surface area contributed by atoms with E-state index < -0.39 is 0 Å². The summed E-state index contributed by atoms with van der Waals surface area (Å²) >= 11 is 3.12. The second-order valence-electron chi connectivity index (χ2n) is 5.95. The third kappa shape index (κ3) is 5.28. The SMILES string of the molecule is O=C(Cc1ccc(F)c(Br)c1)Nc1cccc(OCC2CCCO2)c1. The summed E-state index contributed by atoms with van der Waals surface area (Å²) in [5.74, 6) is 0.174. The Bertz CT molecular complexity index is 747. The van der Waals surface area contributed by atoms with E-state index in [1.165, 1.54) is 6.07 Å². The average Bonchev–Trinajstić information content (AvgIpc) is 3.10. The molecule has 1 N–H and O–H groups in total. The van der Waals surface area contributed by atoms with Crippen molar-refractivity contribution in [1.82, 2.24) is 0 Å². The van der Waals surface area contributed by atoms with Gasteiger partial charge in [0.1, 0.15) is 18.2 Å².